The number of hydrogen-bond donors (Lipinski definition) is 0. The van der Waals surface area contributed by atoms with Crippen LogP contribution in [0.1, 0.15) is 16.8 Å². The van der Waals surface area contributed by atoms with Crippen molar-refractivity contribution in [2.75, 3.05) is 32.8 Å². The maximum Gasteiger partial charge on any atom is 0.323 e. The fourth-order valence-corrected chi connectivity index (χ4v) is 2.83. The number of nitrogens with zero attached hydrogens (tertiary/aromatic N) is 2. The fourth-order valence-electron chi connectivity index (χ4n) is 2.83. The number of ether oxygens (including phenoxy) is 1. The standard InChI is InChI=1S/C15H17FN2O3/c16-12-3-1-11(2-4-12)14(19)18-8-6-17(7-9-18)13-5-10-21-15(13)20/h1-4,13H,5-10H2/t13-/m0/s1. The summed E-state index contributed by atoms with van der Waals surface area (Å²) in [6.07, 6.45) is 0.727. The quantitative estimate of drug-likeness (QED) is 0.760. The number of halogens is 1. The molecule has 2 aliphatic rings. The highest BCUT2D eigenvalue weighted by Gasteiger charge is 2.34. The molecule has 112 valence electrons. The van der Waals surface area contributed by atoms with Crippen molar-refractivity contribution in [3.63, 3.8) is 0 Å². The number of hydrogen-bond acceptors (Lipinski definition) is 4. The zero-order valence-corrected chi connectivity index (χ0v) is 11.6. The highest BCUT2D eigenvalue weighted by atomic mass is 19.1. The van der Waals surface area contributed by atoms with E-state index >= 15 is 0 Å². The number of cyclic esters (lactones) is 1. The van der Waals surface area contributed by atoms with Gasteiger partial charge in [-0.15, -0.1) is 0 Å². The van der Waals surface area contributed by atoms with Crippen LogP contribution in [0.15, 0.2) is 24.3 Å². The average molecular weight is 292 g/mol. The summed E-state index contributed by atoms with van der Waals surface area (Å²) in [5.41, 5.74) is 0.491. The van der Waals surface area contributed by atoms with Crippen LogP contribution in [0.25, 0.3) is 0 Å². The topological polar surface area (TPSA) is 49.9 Å². The Hall–Kier alpha value is -1.95. The van der Waals surface area contributed by atoms with E-state index in [4.69, 9.17) is 4.74 Å². The number of rotatable bonds is 2. The van der Waals surface area contributed by atoms with E-state index in [0.717, 1.165) is 6.42 Å². The van der Waals surface area contributed by atoms with Crippen LogP contribution in [0, 0.1) is 5.82 Å². The summed E-state index contributed by atoms with van der Waals surface area (Å²) in [4.78, 5) is 27.7. The van der Waals surface area contributed by atoms with Crippen LogP contribution in [0.3, 0.4) is 0 Å². The lowest BCUT2D eigenvalue weighted by Crippen LogP contribution is -2.53. The maximum absolute atomic E-state index is 12.9. The molecule has 2 fully saturated rings. The summed E-state index contributed by atoms with van der Waals surface area (Å²) in [6, 6.07) is 5.42. The third kappa shape index (κ3) is 2.90. The highest BCUT2D eigenvalue weighted by Crippen LogP contribution is 2.17. The summed E-state index contributed by atoms with van der Waals surface area (Å²) in [6.45, 7) is 2.94. The Morgan fingerprint density at radius 2 is 1.81 bits per heavy atom. The summed E-state index contributed by atoms with van der Waals surface area (Å²) in [7, 11) is 0. The molecule has 1 aromatic rings. The van der Waals surface area contributed by atoms with Gasteiger partial charge in [0, 0.05) is 38.2 Å². The minimum absolute atomic E-state index is 0.0938. The molecule has 3 rings (SSSR count). The Kier molecular flexibility index (Phi) is 3.88. The lowest BCUT2D eigenvalue weighted by molar-refractivity contribution is -0.142. The van der Waals surface area contributed by atoms with Crippen molar-refractivity contribution in [2.45, 2.75) is 12.5 Å². The van der Waals surface area contributed by atoms with Crippen molar-refractivity contribution in [2.24, 2.45) is 0 Å². The number of benzene rings is 1. The van der Waals surface area contributed by atoms with E-state index in [-0.39, 0.29) is 23.7 Å². The van der Waals surface area contributed by atoms with Crippen LogP contribution < -0.4 is 0 Å². The first-order valence-electron chi connectivity index (χ1n) is 7.11. The molecule has 2 aliphatic heterocycles. The average Bonchev–Trinajstić information content (AvgIpc) is 2.94. The molecule has 0 saturated carbocycles. The molecular formula is C15H17FN2O3. The second-order valence-corrected chi connectivity index (χ2v) is 5.31. The molecule has 6 heteroatoms. The Balaban J connectivity index is 1.59. The molecular weight excluding hydrogens is 275 g/mol. The lowest BCUT2D eigenvalue weighted by atomic mass is 10.1. The van der Waals surface area contributed by atoms with Crippen molar-refractivity contribution in [1.29, 1.82) is 0 Å². The van der Waals surface area contributed by atoms with Crippen molar-refractivity contribution in [1.82, 2.24) is 9.80 Å². The Morgan fingerprint density at radius 1 is 1.14 bits per heavy atom. The molecule has 0 unspecified atom stereocenters. The van der Waals surface area contributed by atoms with Gasteiger partial charge in [0.25, 0.3) is 5.91 Å². The normalized spacial score (nSPS) is 23.2. The maximum atomic E-state index is 12.9. The molecule has 0 aromatic heterocycles. The van der Waals surface area contributed by atoms with Gasteiger partial charge in [-0.05, 0) is 24.3 Å². The number of carbonyl (C=O) groups is 2. The molecule has 1 atom stereocenters. The number of amides is 1. The molecule has 1 aromatic carbocycles. The molecule has 0 radical (unpaired) electrons. The summed E-state index contributed by atoms with van der Waals surface area (Å²) in [5, 5.41) is 0. The second-order valence-electron chi connectivity index (χ2n) is 5.31. The predicted octanol–water partition coefficient (Wildman–Crippen LogP) is 0.899. The Labute approximate surface area is 122 Å². The first kappa shape index (κ1) is 14.0. The van der Waals surface area contributed by atoms with Gasteiger partial charge in [-0.3, -0.25) is 14.5 Å². The summed E-state index contributed by atoms with van der Waals surface area (Å²) < 4.78 is 17.9. The van der Waals surface area contributed by atoms with Crippen LogP contribution in [0.2, 0.25) is 0 Å². The lowest BCUT2D eigenvalue weighted by Gasteiger charge is -2.36. The van der Waals surface area contributed by atoms with E-state index in [1.165, 1.54) is 24.3 Å². The van der Waals surface area contributed by atoms with Crippen molar-refractivity contribution in [3.05, 3.63) is 35.6 Å². The fraction of sp³-hybridized carbons (Fsp3) is 0.467. The van der Waals surface area contributed by atoms with Crippen LogP contribution in [-0.4, -0.2) is 60.5 Å². The van der Waals surface area contributed by atoms with E-state index in [9.17, 15) is 14.0 Å². The highest BCUT2D eigenvalue weighted by molar-refractivity contribution is 5.94. The van der Waals surface area contributed by atoms with Crippen LogP contribution in [0.4, 0.5) is 4.39 Å². The number of piperazine rings is 1. The number of esters is 1. The third-order valence-corrected chi connectivity index (χ3v) is 4.04. The van der Waals surface area contributed by atoms with Gasteiger partial charge in [-0.25, -0.2) is 4.39 Å². The summed E-state index contributed by atoms with van der Waals surface area (Å²) in [5.74, 6) is -0.604. The molecule has 0 N–H and O–H groups in total. The van der Waals surface area contributed by atoms with Gasteiger partial charge in [0.2, 0.25) is 0 Å². The van der Waals surface area contributed by atoms with Crippen molar-refractivity contribution >= 4 is 11.9 Å². The predicted molar refractivity (Wildman–Crippen MR) is 73.2 cm³/mol. The molecule has 2 saturated heterocycles. The minimum Gasteiger partial charge on any atom is -0.464 e. The van der Waals surface area contributed by atoms with E-state index in [1.807, 2.05) is 0 Å². The smallest absolute Gasteiger partial charge is 0.323 e. The molecule has 0 spiro atoms. The molecule has 0 bridgehead atoms. The van der Waals surface area contributed by atoms with Gasteiger partial charge in [-0.2, -0.15) is 0 Å². The van der Waals surface area contributed by atoms with Crippen LogP contribution in [0.5, 0.6) is 0 Å². The molecule has 2 heterocycles. The number of carbonyl (C=O) groups excluding carboxylic acids is 2. The molecule has 0 aliphatic carbocycles. The van der Waals surface area contributed by atoms with Crippen LogP contribution in [-0.2, 0) is 9.53 Å². The molecule has 1 amide bonds. The van der Waals surface area contributed by atoms with Gasteiger partial charge >= 0.3 is 5.97 Å². The van der Waals surface area contributed by atoms with E-state index < -0.39 is 0 Å². The van der Waals surface area contributed by atoms with Gasteiger partial charge in [-0.1, -0.05) is 0 Å². The zero-order valence-electron chi connectivity index (χ0n) is 11.6. The van der Waals surface area contributed by atoms with Crippen molar-refractivity contribution < 1.29 is 18.7 Å². The largest absolute Gasteiger partial charge is 0.464 e. The third-order valence-electron chi connectivity index (χ3n) is 4.04. The van der Waals surface area contributed by atoms with E-state index in [1.54, 1.807) is 4.90 Å². The Bertz CT molecular complexity index is 538. The van der Waals surface area contributed by atoms with Crippen LogP contribution >= 0.6 is 0 Å². The minimum atomic E-state index is -0.351. The molecule has 5 nitrogen and oxygen atoms in total. The van der Waals surface area contributed by atoms with Gasteiger partial charge < -0.3 is 9.64 Å². The van der Waals surface area contributed by atoms with Gasteiger partial charge in [0.05, 0.1) is 6.61 Å². The van der Waals surface area contributed by atoms with Crippen molar-refractivity contribution in [3.8, 4) is 0 Å². The van der Waals surface area contributed by atoms with Gasteiger partial charge in [0.1, 0.15) is 11.9 Å². The first-order chi connectivity index (χ1) is 10.1. The SMILES string of the molecule is O=C1OCC[C@@H]1N1CCN(C(=O)c2ccc(F)cc2)CC1. The monoisotopic (exact) mass is 292 g/mol. The second kappa shape index (κ2) is 5.81. The summed E-state index contributed by atoms with van der Waals surface area (Å²) >= 11 is 0. The van der Waals surface area contributed by atoms with E-state index in [2.05, 4.69) is 4.90 Å². The Morgan fingerprint density at radius 3 is 2.38 bits per heavy atom. The van der Waals surface area contributed by atoms with E-state index in [0.29, 0.717) is 38.3 Å². The molecule has 21 heavy (non-hydrogen) atoms. The first-order valence-corrected chi connectivity index (χ1v) is 7.11. The zero-order chi connectivity index (χ0) is 14.8. The van der Waals surface area contributed by atoms with Gasteiger partial charge in [0.15, 0.2) is 0 Å².